The number of hydrogen-bond donors (Lipinski definition) is 1. The maximum atomic E-state index is 11.8. The molecule has 0 saturated carbocycles. The molecule has 3 aromatic heterocycles. The van der Waals surface area contributed by atoms with Crippen LogP contribution < -0.4 is 10.6 Å². The molecule has 0 radical (unpaired) electrons. The van der Waals surface area contributed by atoms with Gasteiger partial charge in [-0.25, -0.2) is 9.97 Å². The summed E-state index contributed by atoms with van der Waals surface area (Å²) in [4.78, 5) is 27.2. The summed E-state index contributed by atoms with van der Waals surface area (Å²) >= 11 is 0. The summed E-state index contributed by atoms with van der Waals surface area (Å²) in [7, 11) is 0. The molecule has 0 aromatic carbocycles. The van der Waals surface area contributed by atoms with Gasteiger partial charge in [0, 0.05) is 50.0 Å². The van der Waals surface area contributed by atoms with E-state index in [4.69, 9.17) is 5.73 Å². The Hall–Kier alpha value is -3.22. The minimum absolute atomic E-state index is 0.271. The van der Waals surface area contributed by atoms with E-state index in [0.29, 0.717) is 11.4 Å². The summed E-state index contributed by atoms with van der Waals surface area (Å²) in [6, 6.07) is 7.49. The molecular weight excluding hydrogens is 340 g/mol. The van der Waals surface area contributed by atoms with Crippen LogP contribution >= 0.6 is 0 Å². The van der Waals surface area contributed by atoms with Crippen LogP contribution in [0.3, 0.4) is 0 Å². The van der Waals surface area contributed by atoms with Gasteiger partial charge in [-0.2, -0.15) is 0 Å². The Labute approximate surface area is 157 Å². The Bertz CT molecular complexity index is 923. The molecule has 27 heavy (non-hydrogen) atoms. The number of nitrogens with zero attached hydrogens (tertiary/aromatic N) is 5. The second-order valence-corrected chi connectivity index (χ2v) is 6.80. The van der Waals surface area contributed by atoms with Gasteiger partial charge in [0.2, 0.25) is 0 Å². The molecule has 3 aromatic rings. The van der Waals surface area contributed by atoms with Crippen LogP contribution in [0.15, 0.2) is 55.2 Å². The van der Waals surface area contributed by atoms with Gasteiger partial charge >= 0.3 is 0 Å². The lowest BCUT2D eigenvalue weighted by Gasteiger charge is -2.34. The van der Waals surface area contributed by atoms with Gasteiger partial charge in [0.25, 0.3) is 5.91 Å². The third kappa shape index (κ3) is 3.67. The Morgan fingerprint density at radius 1 is 1.19 bits per heavy atom. The highest BCUT2D eigenvalue weighted by Crippen LogP contribution is 2.30. The van der Waals surface area contributed by atoms with Crippen molar-refractivity contribution in [2.75, 3.05) is 18.0 Å². The fourth-order valence-corrected chi connectivity index (χ4v) is 3.72. The molecule has 4 rings (SSSR count). The Balaban J connectivity index is 1.56. The number of rotatable bonds is 5. The highest BCUT2D eigenvalue weighted by atomic mass is 16.1. The predicted octanol–water partition coefficient (Wildman–Crippen LogP) is 2.20. The summed E-state index contributed by atoms with van der Waals surface area (Å²) in [5, 5.41) is 0. The van der Waals surface area contributed by atoms with E-state index < -0.39 is 5.91 Å². The molecule has 1 amide bonds. The minimum Gasteiger partial charge on any atom is -0.365 e. The number of aromatic nitrogens is 4. The molecule has 1 aliphatic rings. The number of anilines is 1. The average molecular weight is 362 g/mol. The van der Waals surface area contributed by atoms with Crippen molar-refractivity contribution in [3.8, 4) is 0 Å². The number of imidazole rings is 1. The number of amides is 1. The Morgan fingerprint density at radius 3 is 2.89 bits per heavy atom. The Morgan fingerprint density at radius 2 is 2.07 bits per heavy atom. The lowest BCUT2D eigenvalue weighted by atomic mass is 9.96. The largest absolute Gasteiger partial charge is 0.365 e. The van der Waals surface area contributed by atoms with E-state index in [2.05, 4.69) is 30.5 Å². The maximum absolute atomic E-state index is 11.8. The third-order valence-electron chi connectivity index (χ3n) is 4.96. The van der Waals surface area contributed by atoms with Gasteiger partial charge in [-0.15, -0.1) is 0 Å². The van der Waals surface area contributed by atoms with Crippen molar-refractivity contribution < 1.29 is 4.79 Å². The van der Waals surface area contributed by atoms with Crippen LogP contribution in [0.1, 0.15) is 40.5 Å². The second kappa shape index (κ2) is 7.57. The van der Waals surface area contributed by atoms with E-state index in [9.17, 15) is 4.79 Å². The number of pyridine rings is 2. The molecule has 0 bridgehead atoms. The first kappa shape index (κ1) is 17.2. The van der Waals surface area contributed by atoms with Gasteiger partial charge in [0.1, 0.15) is 11.6 Å². The molecule has 0 aliphatic carbocycles. The number of carbonyl (C=O) groups excluding carboxylic acids is 1. The molecule has 0 spiro atoms. The van der Waals surface area contributed by atoms with Crippen molar-refractivity contribution in [3.05, 3.63) is 72.2 Å². The topological polar surface area (TPSA) is 89.9 Å². The number of piperidine rings is 1. The van der Waals surface area contributed by atoms with Crippen LogP contribution in [-0.4, -0.2) is 38.5 Å². The van der Waals surface area contributed by atoms with Crippen molar-refractivity contribution in [1.29, 1.82) is 0 Å². The van der Waals surface area contributed by atoms with E-state index >= 15 is 0 Å². The molecule has 1 unspecified atom stereocenters. The number of primary amides is 1. The van der Waals surface area contributed by atoms with Crippen molar-refractivity contribution >= 4 is 11.7 Å². The van der Waals surface area contributed by atoms with Crippen LogP contribution in [0, 0.1) is 0 Å². The molecule has 1 fully saturated rings. The highest BCUT2D eigenvalue weighted by molar-refractivity contribution is 5.97. The van der Waals surface area contributed by atoms with E-state index in [1.54, 1.807) is 24.5 Å². The van der Waals surface area contributed by atoms with Crippen molar-refractivity contribution in [3.63, 3.8) is 0 Å². The fraction of sp³-hybridized carbons (Fsp3) is 0.300. The fourth-order valence-electron chi connectivity index (χ4n) is 3.72. The van der Waals surface area contributed by atoms with E-state index in [1.807, 2.05) is 24.7 Å². The second-order valence-electron chi connectivity index (χ2n) is 6.80. The van der Waals surface area contributed by atoms with Crippen molar-refractivity contribution in [2.45, 2.75) is 25.3 Å². The SMILES string of the molecule is NC(=O)c1cccnc1N1CCCC(c2nccn2Cc2cccnc2)C1. The predicted molar refractivity (Wildman–Crippen MR) is 103 cm³/mol. The smallest absolute Gasteiger partial charge is 0.252 e. The van der Waals surface area contributed by atoms with Gasteiger partial charge in [0.15, 0.2) is 0 Å². The lowest BCUT2D eigenvalue weighted by molar-refractivity contribution is 0.100. The molecule has 4 heterocycles. The number of nitrogens with two attached hydrogens (primary N) is 1. The average Bonchev–Trinajstić information content (AvgIpc) is 3.17. The van der Waals surface area contributed by atoms with E-state index in [-0.39, 0.29) is 5.92 Å². The maximum Gasteiger partial charge on any atom is 0.252 e. The highest BCUT2D eigenvalue weighted by Gasteiger charge is 2.27. The lowest BCUT2D eigenvalue weighted by Crippen LogP contribution is -2.37. The van der Waals surface area contributed by atoms with Gasteiger partial charge in [-0.1, -0.05) is 6.07 Å². The normalized spacial score (nSPS) is 17.0. The Kier molecular flexibility index (Phi) is 4.82. The molecule has 1 aliphatic heterocycles. The molecule has 7 heteroatoms. The van der Waals surface area contributed by atoms with Crippen molar-refractivity contribution in [2.24, 2.45) is 5.73 Å². The summed E-state index contributed by atoms with van der Waals surface area (Å²) in [5.41, 5.74) is 7.15. The van der Waals surface area contributed by atoms with E-state index in [0.717, 1.165) is 43.9 Å². The summed E-state index contributed by atoms with van der Waals surface area (Å²) < 4.78 is 2.18. The van der Waals surface area contributed by atoms with Crippen LogP contribution in [0.4, 0.5) is 5.82 Å². The molecule has 138 valence electrons. The van der Waals surface area contributed by atoms with Gasteiger partial charge in [-0.3, -0.25) is 9.78 Å². The van der Waals surface area contributed by atoms with E-state index in [1.165, 1.54) is 0 Å². The van der Waals surface area contributed by atoms with Crippen LogP contribution in [0.2, 0.25) is 0 Å². The zero-order chi connectivity index (χ0) is 18.6. The van der Waals surface area contributed by atoms with Crippen molar-refractivity contribution in [1.82, 2.24) is 19.5 Å². The first-order chi connectivity index (χ1) is 13.2. The standard InChI is InChI=1S/C20H22N6O/c21-18(27)17-6-2-8-23-20(17)25-10-3-5-16(14-25)19-24-9-11-26(19)13-15-4-1-7-22-12-15/h1-2,4,6-9,11-12,16H,3,5,10,13-14H2,(H2,21,27). The van der Waals surface area contributed by atoms with Crippen LogP contribution in [0.25, 0.3) is 0 Å². The zero-order valence-corrected chi connectivity index (χ0v) is 15.0. The molecule has 1 saturated heterocycles. The summed E-state index contributed by atoms with van der Waals surface area (Å²) in [5.74, 6) is 1.55. The minimum atomic E-state index is -0.446. The monoisotopic (exact) mass is 362 g/mol. The zero-order valence-electron chi connectivity index (χ0n) is 15.0. The summed E-state index contributed by atoms with van der Waals surface area (Å²) in [6.07, 6.45) is 11.3. The van der Waals surface area contributed by atoms with Gasteiger partial charge < -0.3 is 15.2 Å². The molecule has 1 atom stereocenters. The third-order valence-corrected chi connectivity index (χ3v) is 4.96. The first-order valence-corrected chi connectivity index (χ1v) is 9.12. The first-order valence-electron chi connectivity index (χ1n) is 9.12. The molecule has 2 N–H and O–H groups in total. The van der Waals surface area contributed by atoms with Crippen LogP contribution in [0.5, 0.6) is 0 Å². The summed E-state index contributed by atoms with van der Waals surface area (Å²) in [6.45, 7) is 2.37. The quantitative estimate of drug-likeness (QED) is 0.751. The number of hydrogen-bond acceptors (Lipinski definition) is 5. The van der Waals surface area contributed by atoms with Gasteiger partial charge in [0.05, 0.1) is 12.1 Å². The number of carbonyl (C=O) groups is 1. The molecule has 7 nitrogen and oxygen atoms in total. The van der Waals surface area contributed by atoms with Crippen LogP contribution in [-0.2, 0) is 6.54 Å². The molecular formula is C20H22N6O. The van der Waals surface area contributed by atoms with Gasteiger partial charge in [-0.05, 0) is 36.6 Å².